The molecule has 6 aromatic heterocycles. The highest BCUT2D eigenvalue weighted by molar-refractivity contribution is 6.06. The van der Waals surface area contributed by atoms with Gasteiger partial charge in [-0.25, -0.2) is 23.8 Å². The Kier molecular flexibility index (Phi) is 14.6. The Bertz CT molecular complexity index is 3990. The highest BCUT2D eigenvalue weighted by Gasteiger charge is 2.20. The number of pyridine rings is 2. The number of nitrogen functional groups attached to an aromatic ring is 1. The lowest BCUT2D eigenvalue weighted by atomic mass is 10.1. The maximum absolute atomic E-state index is 13.1. The summed E-state index contributed by atoms with van der Waals surface area (Å²) >= 11 is 0. The molecule has 2 aliphatic heterocycles. The quantitative estimate of drug-likeness (QED) is 0.0534. The van der Waals surface area contributed by atoms with Gasteiger partial charge in [0.1, 0.15) is 11.6 Å². The van der Waals surface area contributed by atoms with Gasteiger partial charge in [-0.05, 0) is 108 Å². The van der Waals surface area contributed by atoms with Crippen LogP contribution in [0, 0.1) is 0 Å². The number of nitrogens with one attached hydrogen (secondary N) is 5. The van der Waals surface area contributed by atoms with Gasteiger partial charge in [0.15, 0.2) is 22.8 Å². The molecule has 2 aliphatic rings. The zero-order valence-corrected chi connectivity index (χ0v) is 42.6. The summed E-state index contributed by atoms with van der Waals surface area (Å²) in [5, 5.41) is 33.4. The van der Waals surface area contributed by atoms with Crippen molar-refractivity contribution in [2.75, 3.05) is 60.8 Å². The van der Waals surface area contributed by atoms with E-state index in [0.717, 1.165) is 28.1 Å². The number of carboxylic acids is 1. The molecule has 23 nitrogen and oxygen atoms in total. The monoisotopic (exact) mass is 1060 g/mol. The molecule has 23 heteroatoms. The van der Waals surface area contributed by atoms with E-state index >= 15 is 0 Å². The van der Waals surface area contributed by atoms with E-state index in [4.69, 9.17) is 24.7 Å². The van der Waals surface area contributed by atoms with E-state index in [2.05, 4.69) is 56.7 Å². The molecule has 0 unspecified atom stereocenters. The lowest BCUT2D eigenvalue weighted by Gasteiger charge is -2.12. The van der Waals surface area contributed by atoms with Crippen LogP contribution in [-0.2, 0) is 22.4 Å². The van der Waals surface area contributed by atoms with Crippen molar-refractivity contribution >= 4 is 80.7 Å². The highest BCUT2D eigenvalue weighted by Crippen LogP contribution is 2.33. The highest BCUT2D eigenvalue weighted by atomic mass is 16.5. The van der Waals surface area contributed by atoms with Crippen molar-refractivity contribution in [3.63, 3.8) is 0 Å². The van der Waals surface area contributed by atoms with E-state index in [1.165, 1.54) is 20.3 Å². The topological polar surface area (TPSA) is 298 Å². The molecule has 0 aliphatic carbocycles. The van der Waals surface area contributed by atoms with Crippen LogP contribution < -0.4 is 51.3 Å². The van der Waals surface area contributed by atoms with Gasteiger partial charge in [-0.1, -0.05) is 24.3 Å². The molecule has 3 amide bonds. The molecule has 79 heavy (non-hydrogen) atoms. The van der Waals surface area contributed by atoms with Crippen molar-refractivity contribution < 1.29 is 43.2 Å². The number of nitrogens with two attached hydrogens (primary N) is 1. The molecule has 396 valence electrons. The molecule has 8 heterocycles. The second kappa shape index (κ2) is 22.4. The summed E-state index contributed by atoms with van der Waals surface area (Å²) in [6, 6.07) is 35.3. The molecular weight excluding hydrogens is 1010 g/mol. The molecule has 0 spiro atoms. The van der Waals surface area contributed by atoms with Gasteiger partial charge in [0, 0.05) is 64.2 Å². The first-order valence-corrected chi connectivity index (χ1v) is 24.1. The van der Waals surface area contributed by atoms with Gasteiger partial charge < -0.3 is 56.4 Å². The van der Waals surface area contributed by atoms with Gasteiger partial charge in [-0.3, -0.25) is 14.4 Å². The number of amides is 3. The Morgan fingerprint density at radius 1 is 0.595 bits per heavy atom. The zero-order valence-electron chi connectivity index (χ0n) is 42.6. The average Bonchev–Trinajstić information content (AvgIpc) is 4.33. The molecule has 12 rings (SSSR count). The second-order valence-corrected chi connectivity index (χ2v) is 17.5. The average molecular weight is 1060 g/mol. The molecule has 0 saturated heterocycles. The third kappa shape index (κ3) is 11.4. The predicted molar refractivity (Wildman–Crippen MR) is 295 cm³/mol. The summed E-state index contributed by atoms with van der Waals surface area (Å²) in [6.07, 6.45) is 7.51. The number of anilines is 8. The minimum atomic E-state index is -0.997. The number of carbonyl (C=O) groups is 4. The first-order valence-electron chi connectivity index (χ1n) is 24.1. The molecule has 8 N–H and O–H groups in total. The number of ether oxygens (including phenoxy) is 4. The summed E-state index contributed by atoms with van der Waals surface area (Å²) in [6.45, 7) is 0. The maximum atomic E-state index is 13.1. The van der Waals surface area contributed by atoms with Gasteiger partial charge in [-0.2, -0.15) is 20.2 Å². The smallest absolute Gasteiger partial charge is 0.335 e. The maximum Gasteiger partial charge on any atom is 0.335 e. The summed E-state index contributed by atoms with van der Waals surface area (Å²) in [4.78, 5) is 64.5. The van der Waals surface area contributed by atoms with E-state index in [-0.39, 0.29) is 23.3 Å². The standard InChI is InChI=1S/C28H23N7O4.C20H17N5O4.C8H8N2O/c1-38-23-8-9-24(33-28(23)39-2)31-22-15-21(34-35-11-10-29-26(22)35)16-4-3-5-17(12-16)27(37)30-19-6-7-20-18(13-19)14-25(36)32-20;1-28-16-6-7-17(23-19(16)29-2)22-15-11-14(24-25-9-8-21-18(15)25)12-4-3-5-13(10-12)20(26)27;9-6-1-2-7-5(3-6)4-8(11)10-7/h3-13,15H,14H2,1-2H3,(H,30,37)(H,31,33)(H,32,36);3-11H,1-2H3,(H,22,23)(H,26,27);1-3H,4,9H2,(H,10,11). The van der Waals surface area contributed by atoms with Gasteiger partial charge in [0.25, 0.3) is 17.7 Å². The van der Waals surface area contributed by atoms with Crippen molar-refractivity contribution in [1.29, 1.82) is 0 Å². The second-order valence-electron chi connectivity index (χ2n) is 17.5. The van der Waals surface area contributed by atoms with E-state index in [0.29, 0.717) is 104 Å². The fraction of sp³-hybridized carbons (Fsp3) is 0.107. The van der Waals surface area contributed by atoms with Crippen LogP contribution in [0.5, 0.6) is 23.3 Å². The molecule has 10 aromatic rings. The van der Waals surface area contributed by atoms with Crippen LogP contribution in [0.25, 0.3) is 33.8 Å². The van der Waals surface area contributed by atoms with Crippen LogP contribution in [0.1, 0.15) is 31.8 Å². The lowest BCUT2D eigenvalue weighted by molar-refractivity contribution is -0.115. The number of aromatic nitrogens is 8. The SMILES string of the molecule is COc1ccc(Nc2cc(-c3cccc(C(=O)Nc4ccc5c(c4)CC(=O)N5)c3)nn3ccnc23)nc1OC.COc1ccc(Nc2cc(-c3cccc(C(=O)O)c3)nn3ccnc23)nc1OC.Nc1ccc2c(c1)CC(=O)N2. The normalized spacial score (nSPS) is 11.9. The van der Waals surface area contributed by atoms with E-state index in [9.17, 15) is 24.3 Å². The van der Waals surface area contributed by atoms with Crippen LogP contribution in [0.4, 0.5) is 45.8 Å². The van der Waals surface area contributed by atoms with Crippen molar-refractivity contribution in [2.24, 2.45) is 0 Å². The fourth-order valence-electron chi connectivity index (χ4n) is 8.56. The third-order valence-corrected chi connectivity index (χ3v) is 12.3. The number of carbonyl (C=O) groups excluding carboxylic acids is 3. The van der Waals surface area contributed by atoms with Gasteiger partial charge in [-0.15, -0.1) is 0 Å². The summed E-state index contributed by atoms with van der Waals surface area (Å²) in [5.74, 6) is 1.52. The molecule has 0 atom stereocenters. The van der Waals surface area contributed by atoms with Crippen LogP contribution in [0.15, 0.2) is 146 Å². The van der Waals surface area contributed by atoms with E-state index < -0.39 is 5.97 Å². The van der Waals surface area contributed by atoms with Crippen LogP contribution in [-0.4, -0.2) is 96.4 Å². The largest absolute Gasteiger partial charge is 0.491 e. The van der Waals surface area contributed by atoms with Crippen molar-refractivity contribution in [3.05, 3.63) is 168 Å². The first kappa shape index (κ1) is 51.4. The molecule has 0 bridgehead atoms. The number of fused-ring (bicyclic) bond motifs is 4. The summed E-state index contributed by atoms with van der Waals surface area (Å²) < 4.78 is 24.3. The van der Waals surface area contributed by atoms with Gasteiger partial charge in [0.05, 0.1) is 69.6 Å². The van der Waals surface area contributed by atoms with E-state index in [1.807, 2.05) is 30.3 Å². The van der Waals surface area contributed by atoms with Crippen LogP contribution >= 0.6 is 0 Å². The lowest BCUT2D eigenvalue weighted by Crippen LogP contribution is -2.12. The van der Waals surface area contributed by atoms with Gasteiger partial charge >= 0.3 is 5.97 Å². The van der Waals surface area contributed by atoms with Crippen LogP contribution in [0.2, 0.25) is 0 Å². The first-order chi connectivity index (χ1) is 38.3. The number of aromatic carboxylic acids is 1. The number of hydrogen-bond donors (Lipinski definition) is 7. The Morgan fingerprint density at radius 3 is 1.62 bits per heavy atom. The molecule has 0 saturated carbocycles. The number of rotatable bonds is 13. The number of benzene rings is 4. The fourth-order valence-corrected chi connectivity index (χ4v) is 8.56. The van der Waals surface area contributed by atoms with Crippen molar-refractivity contribution in [2.45, 2.75) is 12.8 Å². The summed E-state index contributed by atoms with van der Waals surface area (Å²) in [7, 11) is 6.13. The summed E-state index contributed by atoms with van der Waals surface area (Å²) in [5.41, 5.74) is 16.2. The Balaban J connectivity index is 0.000000153. The van der Waals surface area contributed by atoms with Gasteiger partial charge in [0.2, 0.25) is 11.8 Å². The minimum absolute atomic E-state index is 0.0469. The van der Waals surface area contributed by atoms with Crippen molar-refractivity contribution in [3.8, 4) is 45.8 Å². The molecule has 0 radical (unpaired) electrons. The van der Waals surface area contributed by atoms with Crippen molar-refractivity contribution in [1.82, 2.24) is 39.2 Å². The third-order valence-electron chi connectivity index (χ3n) is 12.3. The number of nitrogens with zero attached hydrogens (tertiary/aromatic N) is 8. The minimum Gasteiger partial charge on any atom is -0.491 e. The Labute approximate surface area is 449 Å². The van der Waals surface area contributed by atoms with E-state index in [1.54, 1.807) is 133 Å². The number of imidazole rings is 2. The zero-order chi connectivity index (χ0) is 55.2. The number of methoxy groups -OCH3 is 4. The Hall–Kier alpha value is -11.1. The molecular formula is C56H48N14O9. The number of carboxylic acid groups (broad SMARTS) is 1. The molecule has 4 aromatic carbocycles. The predicted octanol–water partition coefficient (Wildman–Crippen LogP) is 8.31. The Morgan fingerprint density at radius 2 is 1.10 bits per heavy atom. The number of hydrogen-bond acceptors (Lipinski definition) is 17. The molecule has 0 fully saturated rings. The van der Waals surface area contributed by atoms with Crippen LogP contribution in [0.3, 0.4) is 0 Å².